The molecule has 0 atom stereocenters. The van der Waals surface area contributed by atoms with Gasteiger partial charge in [-0.05, 0) is 79.2 Å². The van der Waals surface area contributed by atoms with Gasteiger partial charge in [-0.25, -0.2) is 4.79 Å². The average molecular weight is 406 g/mol. The molecule has 2 rings (SSSR count). The lowest BCUT2D eigenvalue weighted by Gasteiger charge is -2.10. The number of hydrogen-bond acceptors (Lipinski definition) is 4. The number of hydrogen-bond donors (Lipinski definition) is 1. The van der Waals surface area contributed by atoms with E-state index in [9.17, 15) is 9.59 Å². The molecule has 1 amide bonds. The van der Waals surface area contributed by atoms with Gasteiger partial charge in [-0.3, -0.25) is 4.79 Å². The highest BCUT2D eigenvalue weighted by Crippen LogP contribution is 2.26. The van der Waals surface area contributed by atoms with Crippen molar-refractivity contribution in [2.75, 3.05) is 11.9 Å². The Morgan fingerprint density at radius 2 is 1.72 bits per heavy atom. The van der Waals surface area contributed by atoms with Gasteiger partial charge in [-0.2, -0.15) is 0 Å². The molecule has 25 heavy (non-hydrogen) atoms. The molecule has 0 unspecified atom stereocenters. The molecule has 132 valence electrons. The summed E-state index contributed by atoms with van der Waals surface area (Å²) in [7, 11) is 0. The second kappa shape index (κ2) is 8.67. The lowest BCUT2D eigenvalue weighted by molar-refractivity contribution is 0.0378. The van der Waals surface area contributed by atoms with Crippen molar-refractivity contribution in [3.63, 3.8) is 0 Å². The summed E-state index contributed by atoms with van der Waals surface area (Å²) in [5, 5.41) is 2.79. The maximum Gasteiger partial charge on any atom is 0.338 e. The first-order valence-corrected chi connectivity index (χ1v) is 8.74. The van der Waals surface area contributed by atoms with E-state index in [4.69, 9.17) is 9.47 Å². The van der Waals surface area contributed by atoms with Crippen molar-refractivity contribution in [2.45, 2.75) is 26.9 Å². The second-order valence-corrected chi connectivity index (χ2v) is 6.42. The fourth-order valence-electron chi connectivity index (χ4n) is 2.09. The number of esters is 1. The first-order valence-electron chi connectivity index (χ1n) is 7.95. The van der Waals surface area contributed by atoms with Crippen LogP contribution in [0.2, 0.25) is 0 Å². The van der Waals surface area contributed by atoms with Crippen LogP contribution >= 0.6 is 15.9 Å². The van der Waals surface area contributed by atoms with Crippen LogP contribution in [0.15, 0.2) is 46.9 Å². The number of anilines is 1. The number of carbonyl (C=O) groups is 2. The first kappa shape index (κ1) is 19.0. The third-order valence-electron chi connectivity index (χ3n) is 3.22. The van der Waals surface area contributed by atoms with Gasteiger partial charge < -0.3 is 14.8 Å². The number of benzene rings is 2. The molecule has 0 bridgehead atoms. The molecular weight excluding hydrogens is 386 g/mol. The van der Waals surface area contributed by atoms with Gasteiger partial charge >= 0.3 is 5.97 Å². The molecule has 6 heteroatoms. The Kier molecular flexibility index (Phi) is 6.58. The van der Waals surface area contributed by atoms with E-state index < -0.39 is 0 Å². The number of ether oxygens (including phenoxy) is 2. The molecule has 0 aliphatic carbocycles. The highest BCUT2D eigenvalue weighted by molar-refractivity contribution is 9.10. The third kappa shape index (κ3) is 5.32. The van der Waals surface area contributed by atoms with Crippen molar-refractivity contribution in [1.29, 1.82) is 0 Å². The lowest BCUT2D eigenvalue weighted by atomic mass is 10.1. The molecule has 0 heterocycles. The van der Waals surface area contributed by atoms with Crippen LogP contribution in [0, 0.1) is 0 Å². The van der Waals surface area contributed by atoms with Crippen LogP contribution in [0.4, 0.5) is 5.69 Å². The zero-order valence-corrected chi connectivity index (χ0v) is 15.9. The summed E-state index contributed by atoms with van der Waals surface area (Å²) in [5.41, 5.74) is 1.53. The van der Waals surface area contributed by atoms with E-state index in [1.54, 1.807) is 56.3 Å². The molecule has 5 nitrogen and oxygen atoms in total. The van der Waals surface area contributed by atoms with Gasteiger partial charge in [0, 0.05) is 11.3 Å². The fraction of sp³-hybridized carbons (Fsp3) is 0.263. The Balaban J connectivity index is 2.05. The van der Waals surface area contributed by atoms with E-state index in [2.05, 4.69) is 21.2 Å². The summed E-state index contributed by atoms with van der Waals surface area (Å²) in [6, 6.07) is 11.7. The van der Waals surface area contributed by atoms with Crippen LogP contribution in [-0.2, 0) is 4.74 Å². The Bertz CT molecular complexity index is 757. The molecule has 0 saturated carbocycles. The molecule has 0 aliphatic rings. The van der Waals surface area contributed by atoms with Gasteiger partial charge in [0.05, 0.1) is 22.7 Å². The van der Waals surface area contributed by atoms with Crippen LogP contribution in [0.5, 0.6) is 5.75 Å². The van der Waals surface area contributed by atoms with Gasteiger partial charge in [-0.1, -0.05) is 0 Å². The van der Waals surface area contributed by atoms with Crippen molar-refractivity contribution < 1.29 is 19.1 Å². The van der Waals surface area contributed by atoms with E-state index >= 15 is 0 Å². The highest BCUT2D eigenvalue weighted by atomic mass is 79.9. The number of carbonyl (C=O) groups excluding carboxylic acids is 2. The smallest absolute Gasteiger partial charge is 0.338 e. The van der Waals surface area contributed by atoms with Gasteiger partial charge in [0.1, 0.15) is 5.75 Å². The van der Waals surface area contributed by atoms with Crippen LogP contribution < -0.4 is 10.1 Å². The molecule has 0 radical (unpaired) electrons. The number of halogens is 1. The van der Waals surface area contributed by atoms with Crippen LogP contribution in [-0.4, -0.2) is 24.6 Å². The van der Waals surface area contributed by atoms with Gasteiger partial charge in [0.15, 0.2) is 0 Å². The predicted molar refractivity (Wildman–Crippen MR) is 100 cm³/mol. The maximum absolute atomic E-state index is 12.3. The monoisotopic (exact) mass is 405 g/mol. The minimum atomic E-state index is -0.386. The van der Waals surface area contributed by atoms with Crippen molar-refractivity contribution in [2.24, 2.45) is 0 Å². The Labute approximate surface area is 155 Å². The molecular formula is C19H20BrNO4. The Morgan fingerprint density at radius 1 is 1.08 bits per heavy atom. The zero-order chi connectivity index (χ0) is 18.4. The Morgan fingerprint density at radius 3 is 2.28 bits per heavy atom. The Hall–Kier alpha value is -2.34. The third-order valence-corrected chi connectivity index (χ3v) is 3.83. The summed E-state index contributed by atoms with van der Waals surface area (Å²) >= 11 is 3.39. The van der Waals surface area contributed by atoms with E-state index in [1.165, 1.54) is 0 Å². The largest absolute Gasteiger partial charge is 0.493 e. The molecule has 2 aromatic carbocycles. The number of amides is 1. The summed E-state index contributed by atoms with van der Waals surface area (Å²) in [6.45, 7) is 6.03. The second-order valence-electron chi connectivity index (χ2n) is 5.56. The first-order chi connectivity index (χ1) is 11.9. The van der Waals surface area contributed by atoms with E-state index in [1.807, 2.05) is 6.92 Å². The molecule has 0 spiro atoms. The quantitative estimate of drug-likeness (QED) is 0.709. The van der Waals surface area contributed by atoms with Crippen molar-refractivity contribution in [1.82, 2.24) is 0 Å². The summed E-state index contributed by atoms with van der Waals surface area (Å²) < 4.78 is 11.3. The SMILES string of the molecule is CCOc1ccc(C(=O)Nc2ccc(C(=O)OC(C)C)cc2)cc1Br. The number of rotatable bonds is 6. The normalized spacial score (nSPS) is 10.4. The van der Waals surface area contributed by atoms with Crippen LogP contribution in [0.1, 0.15) is 41.5 Å². The average Bonchev–Trinajstić information content (AvgIpc) is 2.56. The number of nitrogens with one attached hydrogen (secondary N) is 1. The van der Waals surface area contributed by atoms with E-state index in [0.717, 1.165) is 0 Å². The van der Waals surface area contributed by atoms with Crippen molar-refractivity contribution in [3.8, 4) is 5.75 Å². The van der Waals surface area contributed by atoms with Crippen LogP contribution in [0.3, 0.4) is 0 Å². The van der Waals surface area contributed by atoms with Gasteiger partial charge in [0.25, 0.3) is 5.91 Å². The lowest BCUT2D eigenvalue weighted by Crippen LogP contribution is -2.13. The van der Waals surface area contributed by atoms with Gasteiger partial charge in [0.2, 0.25) is 0 Å². The fourth-order valence-corrected chi connectivity index (χ4v) is 2.58. The van der Waals surface area contributed by atoms with Crippen molar-refractivity contribution in [3.05, 3.63) is 58.1 Å². The standard InChI is InChI=1S/C19H20BrNO4/c1-4-24-17-10-7-14(11-16(17)20)18(22)21-15-8-5-13(6-9-15)19(23)25-12(2)3/h5-12H,4H2,1-3H3,(H,21,22). The molecule has 2 aromatic rings. The summed E-state index contributed by atoms with van der Waals surface area (Å²) in [4.78, 5) is 24.1. The van der Waals surface area contributed by atoms with Gasteiger partial charge in [-0.15, -0.1) is 0 Å². The molecule has 0 saturated heterocycles. The molecule has 0 fully saturated rings. The predicted octanol–water partition coefficient (Wildman–Crippen LogP) is 4.67. The minimum absolute atomic E-state index is 0.176. The summed E-state index contributed by atoms with van der Waals surface area (Å²) in [5.74, 6) is 0.0524. The minimum Gasteiger partial charge on any atom is -0.493 e. The zero-order valence-electron chi connectivity index (χ0n) is 14.3. The topological polar surface area (TPSA) is 64.6 Å². The van der Waals surface area contributed by atoms with Crippen molar-refractivity contribution >= 4 is 33.5 Å². The molecule has 1 N–H and O–H groups in total. The summed E-state index contributed by atoms with van der Waals surface area (Å²) in [6.07, 6.45) is -0.176. The van der Waals surface area contributed by atoms with Crippen LogP contribution in [0.25, 0.3) is 0 Å². The van der Waals surface area contributed by atoms with E-state index in [-0.39, 0.29) is 18.0 Å². The molecule has 0 aliphatic heterocycles. The molecule has 0 aromatic heterocycles. The maximum atomic E-state index is 12.3. The highest BCUT2D eigenvalue weighted by Gasteiger charge is 2.11. The van der Waals surface area contributed by atoms with E-state index in [0.29, 0.717) is 33.6 Å².